The normalized spacial score (nSPS) is 39.7. The number of fused-ring (bicyclic) bond motifs is 1. The Morgan fingerprint density at radius 3 is 2.84 bits per heavy atom. The van der Waals surface area contributed by atoms with E-state index in [0.29, 0.717) is 24.2 Å². The number of methoxy groups -OCH3 is 1. The first-order chi connectivity index (χ1) is 8.99. The van der Waals surface area contributed by atoms with Crippen molar-refractivity contribution in [3.8, 4) is 0 Å². The molecule has 0 aromatic heterocycles. The van der Waals surface area contributed by atoms with Gasteiger partial charge in [-0.05, 0) is 55.3 Å². The number of aliphatic hydroxyl groups is 1. The number of carbonyl (C=O) groups excluding carboxylic acids is 1. The van der Waals surface area contributed by atoms with Crippen LogP contribution < -0.4 is 0 Å². The molecule has 2 aliphatic carbocycles. The van der Waals surface area contributed by atoms with Crippen molar-refractivity contribution in [2.75, 3.05) is 7.11 Å². The standard InChI is InChI=1S/C16H28O3/c1-11(6-9-15(18)19-3)12-7-8-13-14(17)5-4-10-16(12,13)2/h11-14,17H,4-10H2,1-3H3/t11-,12-,13?,14+,16-/m1/s1. The van der Waals surface area contributed by atoms with Gasteiger partial charge in [-0.2, -0.15) is 0 Å². The summed E-state index contributed by atoms with van der Waals surface area (Å²) >= 11 is 0. The Labute approximate surface area is 116 Å². The molecular weight excluding hydrogens is 240 g/mol. The maximum absolute atomic E-state index is 11.3. The predicted octanol–water partition coefficient (Wildman–Crippen LogP) is 3.15. The lowest BCUT2D eigenvalue weighted by atomic mass is 9.61. The number of hydrogen-bond acceptors (Lipinski definition) is 3. The summed E-state index contributed by atoms with van der Waals surface area (Å²) in [7, 11) is 1.46. The van der Waals surface area contributed by atoms with Crippen molar-refractivity contribution >= 4 is 5.97 Å². The summed E-state index contributed by atoms with van der Waals surface area (Å²) in [5, 5.41) is 10.2. The molecule has 0 aliphatic heterocycles. The lowest BCUT2D eigenvalue weighted by Gasteiger charge is -2.45. The molecule has 0 spiro atoms. The highest BCUT2D eigenvalue weighted by atomic mass is 16.5. The van der Waals surface area contributed by atoms with Crippen LogP contribution in [-0.4, -0.2) is 24.3 Å². The third-order valence-electron chi connectivity index (χ3n) is 5.88. The minimum absolute atomic E-state index is 0.100. The number of ether oxygens (including phenoxy) is 1. The molecule has 0 aromatic rings. The minimum atomic E-state index is -0.102. The van der Waals surface area contributed by atoms with Gasteiger partial charge in [0, 0.05) is 6.42 Å². The summed E-state index contributed by atoms with van der Waals surface area (Å²) in [6.07, 6.45) is 7.06. The lowest BCUT2D eigenvalue weighted by Crippen LogP contribution is -2.41. The Kier molecular flexibility index (Phi) is 4.54. The van der Waals surface area contributed by atoms with Crippen molar-refractivity contribution in [3.63, 3.8) is 0 Å². The third-order valence-corrected chi connectivity index (χ3v) is 5.88. The van der Waals surface area contributed by atoms with Gasteiger partial charge in [0.1, 0.15) is 0 Å². The van der Waals surface area contributed by atoms with E-state index in [2.05, 4.69) is 13.8 Å². The van der Waals surface area contributed by atoms with Gasteiger partial charge in [0.05, 0.1) is 13.2 Å². The van der Waals surface area contributed by atoms with E-state index in [9.17, 15) is 9.90 Å². The van der Waals surface area contributed by atoms with Gasteiger partial charge in [-0.25, -0.2) is 0 Å². The van der Waals surface area contributed by atoms with Gasteiger partial charge in [0.2, 0.25) is 0 Å². The minimum Gasteiger partial charge on any atom is -0.469 e. The zero-order valence-corrected chi connectivity index (χ0v) is 12.5. The highest BCUT2D eigenvalue weighted by Crippen LogP contribution is 2.58. The Balaban J connectivity index is 1.98. The highest BCUT2D eigenvalue weighted by Gasteiger charge is 2.52. The first kappa shape index (κ1) is 14.8. The first-order valence-corrected chi connectivity index (χ1v) is 7.74. The molecule has 1 N–H and O–H groups in total. The van der Waals surface area contributed by atoms with Gasteiger partial charge in [-0.1, -0.05) is 20.3 Å². The molecule has 0 radical (unpaired) electrons. The number of aliphatic hydroxyl groups excluding tert-OH is 1. The molecule has 1 unspecified atom stereocenters. The second-order valence-electron chi connectivity index (χ2n) is 6.85. The maximum Gasteiger partial charge on any atom is 0.305 e. The highest BCUT2D eigenvalue weighted by molar-refractivity contribution is 5.69. The zero-order chi connectivity index (χ0) is 14.0. The molecule has 2 fully saturated rings. The average Bonchev–Trinajstić information content (AvgIpc) is 2.74. The van der Waals surface area contributed by atoms with Gasteiger partial charge in [-0.3, -0.25) is 4.79 Å². The van der Waals surface area contributed by atoms with Crippen molar-refractivity contribution in [3.05, 3.63) is 0 Å². The van der Waals surface area contributed by atoms with E-state index in [0.717, 1.165) is 25.7 Å². The van der Waals surface area contributed by atoms with Gasteiger partial charge < -0.3 is 9.84 Å². The van der Waals surface area contributed by atoms with Crippen LogP contribution >= 0.6 is 0 Å². The molecular formula is C16H28O3. The number of esters is 1. The topological polar surface area (TPSA) is 46.5 Å². The van der Waals surface area contributed by atoms with E-state index < -0.39 is 0 Å². The molecule has 2 aliphatic rings. The van der Waals surface area contributed by atoms with Crippen LogP contribution in [0, 0.1) is 23.2 Å². The Hall–Kier alpha value is -0.570. The summed E-state index contributed by atoms with van der Waals surface area (Å²) in [5.41, 5.74) is 0.285. The summed E-state index contributed by atoms with van der Waals surface area (Å²) in [5.74, 6) is 1.57. The Bertz CT molecular complexity index is 328. The maximum atomic E-state index is 11.3. The Morgan fingerprint density at radius 2 is 2.16 bits per heavy atom. The summed E-state index contributed by atoms with van der Waals surface area (Å²) in [4.78, 5) is 11.3. The summed E-state index contributed by atoms with van der Waals surface area (Å²) < 4.78 is 4.73. The summed E-state index contributed by atoms with van der Waals surface area (Å²) in [6.45, 7) is 4.63. The molecule has 3 heteroatoms. The molecule has 110 valence electrons. The van der Waals surface area contributed by atoms with E-state index >= 15 is 0 Å². The van der Waals surface area contributed by atoms with Crippen molar-refractivity contribution in [2.45, 2.75) is 64.9 Å². The van der Waals surface area contributed by atoms with Crippen molar-refractivity contribution in [1.29, 1.82) is 0 Å². The van der Waals surface area contributed by atoms with Crippen LogP contribution in [-0.2, 0) is 9.53 Å². The molecule has 0 aromatic carbocycles. The van der Waals surface area contributed by atoms with E-state index in [1.165, 1.54) is 20.0 Å². The first-order valence-electron chi connectivity index (χ1n) is 7.74. The molecule has 19 heavy (non-hydrogen) atoms. The molecule has 0 amide bonds. The van der Waals surface area contributed by atoms with E-state index in [4.69, 9.17) is 4.74 Å². The fraction of sp³-hybridized carbons (Fsp3) is 0.938. The average molecular weight is 268 g/mol. The van der Waals surface area contributed by atoms with Crippen LogP contribution in [0.1, 0.15) is 58.8 Å². The molecule has 0 heterocycles. The SMILES string of the molecule is COC(=O)CC[C@@H](C)[C@H]1CCC2[C@@H](O)CCC[C@@]21C. The van der Waals surface area contributed by atoms with Crippen LogP contribution in [0.5, 0.6) is 0 Å². The second-order valence-corrected chi connectivity index (χ2v) is 6.85. The summed E-state index contributed by atoms with van der Waals surface area (Å²) in [6, 6.07) is 0. The van der Waals surface area contributed by atoms with E-state index in [1.54, 1.807) is 0 Å². The van der Waals surface area contributed by atoms with Crippen LogP contribution in [0.4, 0.5) is 0 Å². The molecule has 0 bridgehead atoms. The zero-order valence-electron chi connectivity index (χ0n) is 12.5. The lowest BCUT2D eigenvalue weighted by molar-refractivity contribution is -0.141. The van der Waals surface area contributed by atoms with Gasteiger partial charge in [0.25, 0.3) is 0 Å². The fourth-order valence-corrected chi connectivity index (χ4v) is 4.77. The second kappa shape index (κ2) is 5.82. The molecule has 2 rings (SSSR count). The van der Waals surface area contributed by atoms with Gasteiger partial charge in [-0.15, -0.1) is 0 Å². The van der Waals surface area contributed by atoms with E-state index in [-0.39, 0.29) is 17.5 Å². The Morgan fingerprint density at radius 1 is 1.42 bits per heavy atom. The van der Waals surface area contributed by atoms with E-state index in [1.807, 2.05) is 0 Å². The quantitative estimate of drug-likeness (QED) is 0.797. The van der Waals surface area contributed by atoms with Gasteiger partial charge in [0.15, 0.2) is 0 Å². The molecule has 2 saturated carbocycles. The largest absolute Gasteiger partial charge is 0.469 e. The molecule has 5 atom stereocenters. The third kappa shape index (κ3) is 2.81. The van der Waals surface area contributed by atoms with Crippen molar-refractivity contribution < 1.29 is 14.6 Å². The fourth-order valence-electron chi connectivity index (χ4n) is 4.77. The van der Waals surface area contributed by atoms with Crippen molar-refractivity contribution in [2.24, 2.45) is 23.2 Å². The van der Waals surface area contributed by atoms with Crippen molar-refractivity contribution in [1.82, 2.24) is 0 Å². The molecule has 3 nitrogen and oxygen atoms in total. The number of carbonyl (C=O) groups is 1. The van der Waals surface area contributed by atoms with Crippen LogP contribution in [0.15, 0.2) is 0 Å². The smallest absolute Gasteiger partial charge is 0.305 e. The van der Waals surface area contributed by atoms with Crippen LogP contribution in [0.2, 0.25) is 0 Å². The van der Waals surface area contributed by atoms with Gasteiger partial charge >= 0.3 is 5.97 Å². The molecule has 0 saturated heterocycles. The number of rotatable bonds is 4. The predicted molar refractivity (Wildman–Crippen MR) is 74.6 cm³/mol. The van der Waals surface area contributed by atoms with Crippen LogP contribution in [0.25, 0.3) is 0 Å². The van der Waals surface area contributed by atoms with Crippen LogP contribution in [0.3, 0.4) is 0 Å². The number of hydrogen-bond donors (Lipinski definition) is 1. The monoisotopic (exact) mass is 268 g/mol.